The average Bonchev–Trinajstić information content (AvgIpc) is 2.63. The Morgan fingerprint density at radius 3 is 2.56 bits per heavy atom. The molecule has 1 atom stereocenters. The van der Waals surface area contributed by atoms with Gasteiger partial charge in [0.15, 0.2) is 5.83 Å². The molecule has 0 saturated heterocycles. The SMILES string of the molecule is CCCCCCC=C1C(=O)C(F)=CC1CCCC. The van der Waals surface area contributed by atoms with Crippen molar-refractivity contribution in [1.29, 1.82) is 0 Å². The third kappa shape index (κ3) is 4.40. The summed E-state index contributed by atoms with van der Waals surface area (Å²) in [6.45, 7) is 4.30. The summed E-state index contributed by atoms with van der Waals surface area (Å²) in [7, 11) is 0. The van der Waals surface area contributed by atoms with Crippen LogP contribution in [0.2, 0.25) is 0 Å². The second-order valence-electron chi connectivity index (χ2n) is 5.10. The van der Waals surface area contributed by atoms with Gasteiger partial charge in [0, 0.05) is 11.5 Å². The lowest BCUT2D eigenvalue weighted by atomic mass is 9.95. The molecule has 0 radical (unpaired) electrons. The van der Waals surface area contributed by atoms with E-state index >= 15 is 0 Å². The van der Waals surface area contributed by atoms with Crippen LogP contribution in [-0.4, -0.2) is 5.78 Å². The van der Waals surface area contributed by atoms with Gasteiger partial charge in [0.05, 0.1) is 0 Å². The van der Waals surface area contributed by atoms with E-state index in [-0.39, 0.29) is 11.7 Å². The highest BCUT2D eigenvalue weighted by atomic mass is 19.1. The van der Waals surface area contributed by atoms with Crippen molar-refractivity contribution in [2.24, 2.45) is 5.92 Å². The molecular formula is C16H25FO. The number of allylic oxidation sites excluding steroid dienone is 4. The highest BCUT2D eigenvalue weighted by Gasteiger charge is 2.29. The lowest BCUT2D eigenvalue weighted by molar-refractivity contribution is -0.113. The maximum absolute atomic E-state index is 13.3. The molecule has 0 aromatic heterocycles. The van der Waals surface area contributed by atoms with Gasteiger partial charge in [-0.2, -0.15) is 0 Å². The van der Waals surface area contributed by atoms with Crippen LogP contribution >= 0.6 is 0 Å². The van der Waals surface area contributed by atoms with Crippen molar-refractivity contribution in [2.45, 2.75) is 65.2 Å². The van der Waals surface area contributed by atoms with Crippen LogP contribution in [0.15, 0.2) is 23.6 Å². The summed E-state index contributed by atoms with van der Waals surface area (Å²) in [4.78, 5) is 11.7. The standard InChI is InChI=1S/C16H25FO/c1-3-5-7-8-9-11-14-13(10-6-4-2)12-15(17)16(14)18/h11-13H,3-10H2,1-2H3. The molecule has 0 heterocycles. The number of halogens is 1. The van der Waals surface area contributed by atoms with Gasteiger partial charge in [-0.25, -0.2) is 4.39 Å². The Labute approximate surface area is 110 Å². The predicted molar refractivity (Wildman–Crippen MR) is 74.1 cm³/mol. The molecule has 1 nitrogen and oxygen atoms in total. The van der Waals surface area contributed by atoms with Crippen molar-refractivity contribution in [1.82, 2.24) is 0 Å². The highest BCUT2D eigenvalue weighted by Crippen LogP contribution is 2.32. The number of rotatable bonds is 8. The monoisotopic (exact) mass is 252 g/mol. The van der Waals surface area contributed by atoms with Crippen LogP contribution in [0.3, 0.4) is 0 Å². The van der Waals surface area contributed by atoms with Gasteiger partial charge in [0.2, 0.25) is 5.78 Å². The first-order valence-electron chi connectivity index (χ1n) is 7.32. The molecule has 0 bridgehead atoms. The zero-order valence-electron chi connectivity index (χ0n) is 11.7. The lowest BCUT2D eigenvalue weighted by Gasteiger charge is -2.08. The first-order valence-corrected chi connectivity index (χ1v) is 7.32. The van der Waals surface area contributed by atoms with Crippen LogP contribution in [-0.2, 0) is 4.79 Å². The molecule has 0 aliphatic heterocycles. The average molecular weight is 252 g/mol. The van der Waals surface area contributed by atoms with Crippen molar-refractivity contribution < 1.29 is 9.18 Å². The van der Waals surface area contributed by atoms with E-state index < -0.39 is 5.83 Å². The van der Waals surface area contributed by atoms with E-state index in [1.54, 1.807) is 0 Å². The molecule has 0 N–H and O–H groups in total. The molecule has 0 fully saturated rings. The van der Waals surface area contributed by atoms with Crippen LogP contribution in [0.4, 0.5) is 4.39 Å². The fraction of sp³-hybridized carbons (Fsp3) is 0.688. The van der Waals surface area contributed by atoms with Crippen molar-refractivity contribution in [3.63, 3.8) is 0 Å². The van der Waals surface area contributed by atoms with Gasteiger partial charge >= 0.3 is 0 Å². The molecule has 102 valence electrons. The first-order chi connectivity index (χ1) is 8.70. The third-order valence-corrected chi connectivity index (χ3v) is 3.52. The van der Waals surface area contributed by atoms with E-state index in [9.17, 15) is 9.18 Å². The van der Waals surface area contributed by atoms with Crippen molar-refractivity contribution in [2.75, 3.05) is 0 Å². The zero-order valence-corrected chi connectivity index (χ0v) is 11.7. The summed E-state index contributed by atoms with van der Waals surface area (Å²) in [5.41, 5.74) is 0.706. The number of Topliss-reactive ketones (excluding diaryl/α,β-unsaturated/α-hetero) is 1. The Bertz CT molecular complexity index is 328. The summed E-state index contributed by atoms with van der Waals surface area (Å²) < 4.78 is 13.3. The van der Waals surface area contributed by atoms with Crippen LogP contribution in [0.25, 0.3) is 0 Å². The summed E-state index contributed by atoms with van der Waals surface area (Å²) >= 11 is 0. The number of hydrogen-bond acceptors (Lipinski definition) is 1. The molecule has 0 aromatic rings. The first kappa shape index (κ1) is 15.1. The molecular weight excluding hydrogens is 227 g/mol. The molecule has 0 aromatic carbocycles. The minimum atomic E-state index is -0.545. The molecule has 2 heteroatoms. The number of ketones is 1. The molecule has 1 rings (SSSR count). The Morgan fingerprint density at radius 1 is 1.17 bits per heavy atom. The van der Waals surface area contributed by atoms with E-state index in [4.69, 9.17) is 0 Å². The Kier molecular flexibility index (Phi) is 6.92. The number of unbranched alkanes of at least 4 members (excludes halogenated alkanes) is 5. The van der Waals surface area contributed by atoms with Gasteiger partial charge in [-0.15, -0.1) is 0 Å². The second-order valence-corrected chi connectivity index (χ2v) is 5.10. The fourth-order valence-corrected chi connectivity index (χ4v) is 2.38. The van der Waals surface area contributed by atoms with Crippen LogP contribution < -0.4 is 0 Å². The summed E-state index contributed by atoms with van der Waals surface area (Å²) in [5, 5.41) is 0. The van der Waals surface area contributed by atoms with E-state index in [0.717, 1.165) is 32.1 Å². The van der Waals surface area contributed by atoms with E-state index in [1.165, 1.54) is 25.3 Å². The van der Waals surface area contributed by atoms with Crippen molar-refractivity contribution in [3.05, 3.63) is 23.6 Å². The fourth-order valence-electron chi connectivity index (χ4n) is 2.38. The summed E-state index contributed by atoms with van der Waals surface area (Å²) in [6, 6.07) is 0. The van der Waals surface area contributed by atoms with Crippen molar-refractivity contribution in [3.8, 4) is 0 Å². The van der Waals surface area contributed by atoms with Crippen LogP contribution in [0.1, 0.15) is 65.2 Å². The summed E-state index contributed by atoms with van der Waals surface area (Å²) in [5.74, 6) is -0.883. The third-order valence-electron chi connectivity index (χ3n) is 3.52. The summed E-state index contributed by atoms with van der Waals surface area (Å²) in [6.07, 6.45) is 12.2. The van der Waals surface area contributed by atoms with Gasteiger partial charge in [0.25, 0.3) is 0 Å². The normalized spacial score (nSPS) is 21.7. The zero-order chi connectivity index (χ0) is 13.4. The van der Waals surface area contributed by atoms with E-state index in [0.29, 0.717) is 5.57 Å². The maximum atomic E-state index is 13.3. The van der Waals surface area contributed by atoms with Gasteiger partial charge in [-0.3, -0.25) is 4.79 Å². The van der Waals surface area contributed by atoms with Gasteiger partial charge in [-0.05, 0) is 25.3 Å². The van der Waals surface area contributed by atoms with Crippen LogP contribution in [0, 0.1) is 5.92 Å². The van der Waals surface area contributed by atoms with Gasteiger partial charge in [-0.1, -0.05) is 52.0 Å². The van der Waals surface area contributed by atoms with Gasteiger partial charge < -0.3 is 0 Å². The van der Waals surface area contributed by atoms with Gasteiger partial charge in [0.1, 0.15) is 0 Å². The maximum Gasteiger partial charge on any atom is 0.217 e. The quantitative estimate of drug-likeness (QED) is 0.432. The molecule has 0 saturated carbocycles. The minimum Gasteiger partial charge on any atom is -0.286 e. The van der Waals surface area contributed by atoms with E-state index in [1.807, 2.05) is 6.08 Å². The van der Waals surface area contributed by atoms with Crippen LogP contribution in [0.5, 0.6) is 0 Å². The molecule has 0 amide bonds. The lowest BCUT2D eigenvalue weighted by Crippen LogP contribution is -2.04. The minimum absolute atomic E-state index is 0.0311. The smallest absolute Gasteiger partial charge is 0.217 e. The Balaban J connectivity index is 2.49. The number of carbonyl (C=O) groups is 1. The Hall–Kier alpha value is -0.920. The van der Waals surface area contributed by atoms with Crippen molar-refractivity contribution >= 4 is 5.78 Å². The van der Waals surface area contributed by atoms with E-state index in [2.05, 4.69) is 13.8 Å². The number of hydrogen-bond donors (Lipinski definition) is 0. The molecule has 1 aliphatic carbocycles. The number of carbonyl (C=O) groups excluding carboxylic acids is 1. The molecule has 1 aliphatic rings. The molecule has 18 heavy (non-hydrogen) atoms. The molecule has 0 spiro atoms. The topological polar surface area (TPSA) is 17.1 Å². The molecule has 1 unspecified atom stereocenters. The highest BCUT2D eigenvalue weighted by molar-refractivity contribution is 6.09. The Morgan fingerprint density at radius 2 is 1.89 bits per heavy atom. The largest absolute Gasteiger partial charge is 0.286 e. The second kappa shape index (κ2) is 8.23. The predicted octanol–water partition coefficient (Wildman–Crippen LogP) is 5.13.